The monoisotopic (exact) mass is 397 g/mol. The summed E-state index contributed by atoms with van der Waals surface area (Å²) in [4.78, 5) is 23.2. The van der Waals surface area contributed by atoms with Gasteiger partial charge >= 0.3 is 5.97 Å². The van der Waals surface area contributed by atoms with Crippen molar-refractivity contribution in [2.75, 3.05) is 12.3 Å². The zero-order valence-electron chi connectivity index (χ0n) is 15.9. The smallest absolute Gasteiger partial charge is 0.309 e. The molecule has 4 rings (SSSR count). The highest BCUT2D eigenvalue weighted by molar-refractivity contribution is 7.19. The molecule has 0 bridgehead atoms. The normalized spacial score (nSPS) is 13.3. The number of carbonyl (C=O) groups excluding carboxylic acids is 1. The number of thiophene rings is 1. The van der Waals surface area contributed by atoms with Gasteiger partial charge in [0.15, 0.2) is 12.4 Å². The van der Waals surface area contributed by atoms with Crippen molar-refractivity contribution in [3.63, 3.8) is 0 Å². The Hall–Kier alpha value is -2.67. The fraction of sp³-hybridized carbons (Fsp3) is 0.381. The van der Waals surface area contributed by atoms with E-state index in [9.17, 15) is 4.79 Å². The number of hydrogen-bond donors (Lipinski definition) is 1. The van der Waals surface area contributed by atoms with E-state index in [-0.39, 0.29) is 25.6 Å². The summed E-state index contributed by atoms with van der Waals surface area (Å²) in [6, 6.07) is 7.70. The van der Waals surface area contributed by atoms with E-state index in [4.69, 9.17) is 15.2 Å². The minimum Gasteiger partial charge on any atom is -0.493 e. The summed E-state index contributed by atoms with van der Waals surface area (Å²) >= 11 is 1.68. The number of benzene rings is 1. The Kier molecular flexibility index (Phi) is 5.43. The van der Waals surface area contributed by atoms with Gasteiger partial charge in [-0.25, -0.2) is 9.97 Å². The summed E-state index contributed by atoms with van der Waals surface area (Å²) < 4.78 is 10.9. The van der Waals surface area contributed by atoms with Crippen molar-refractivity contribution in [1.29, 1.82) is 0 Å². The van der Waals surface area contributed by atoms with Crippen LogP contribution in [0.25, 0.3) is 10.2 Å². The maximum Gasteiger partial charge on any atom is 0.309 e. The third-order valence-electron chi connectivity index (χ3n) is 4.91. The van der Waals surface area contributed by atoms with Crippen LogP contribution in [-0.4, -0.2) is 22.5 Å². The average Bonchev–Trinajstić information content (AvgIpc) is 3.07. The van der Waals surface area contributed by atoms with Gasteiger partial charge in [0.25, 0.3) is 0 Å². The van der Waals surface area contributed by atoms with Gasteiger partial charge in [0.05, 0.1) is 18.4 Å². The van der Waals surface area contributed by atoms with E-state index in [1.165, 1.54) is 23.3 Å². The first-order valence-corrected chi connectivity index (χ1v) is 10.3. The Morgan fingerprint density at radius 1 is 1.21 bits per heavy atom. The first kappa shape index (κ1) is 18.7. The lowest BCUT2D eigenvalue weighted by atomic mass is 9.97. The Bertz CT molecular complexity index is 1020. The molecule has 0 spiro atoms. The van der Waals surface area contributed by atoms with Crippen molar-refractivity contribution in [1.82, 2.24) is 9.97 Å². The third-order valence-corrected chi connectivity index (χ3v) is 6.09. The Balaban J connectivity index is 1.35. The summed E-state index contributed by atoms with van der Waals surface area (Å²) in [6.07, 6.45) is 4.68. The quantitative estimate of drug-likeness (QED) is 0.633. The molecule has 2 N–H and O–H groups in total. The van der Waals surface area contributed by atoms with E-state index < -0.39 is 0 Å². The molecule has 1 aliphatic carbocycles. The van der Waals surface area contributed by atoms with E-state index in [0.29, 0.717) is 11.6 Å². The van der Waals surface area contributed by atoms with E-state index in [2.05, 4.69) is 9.97 Å². The first-order valence-electron chi connectivity index (χ1n) is 9.52. The predicted octanol–water partition coefficient (Wildman–Crippen LogP) is 3.97. The molecule has 2 aromatic heterocycles. The number of nitrogens with zero attached hydrogens (tertiary/aromatic N) is 2. The van der Waals surface area contributed by atoms with Gasteiger partial charge in [-0.2, -0.15) is 0 Å². The lowest BCUT2D eigenvalue weighted by molar-refractivity contribution is -0.145. The minimum atomic E-state index is -0.346. The number of para-hydroxylation sites is 1. The molecular formula is C21H23N3O3S. The fourth-order valence-electron chi connectivity index (χ4n) is 3.48. The number of aryl methyl sites for hydroxylation is 3. The highest BCUT2D eigenvalue weighted by Gasteiger charge is 2.20. The van der Waals surface area contributed by atoms with Gasteiger partial charge in [-0.05, 0) is 49.8 Å². The van der Waals surface area contributed by atoms with E-state index in [0.717, 1.165) is 34.4 Å². The molecule has 1 aromatic carbocycles. The van der Waals surface area contributed by atoms with Gasteiger partial charge in [-0.15, -0.1) is 11.3 Å². The van der Waals surface area contributed by atoms with Gasteiger partial charge in [-0.3, -0.25) is 4.79 Å². The van der Waals surface area contributed by atoms with Crippen LogP contribution in [0.4, 0.5) is 5.82 Å². The average molecular weight is 398 g/mol. The van der Waals surface area contributed by atoms with Crippen molar-refractivity contribution in [3.8, 4) is 5.75 Å². The molecular weight excluding hydrogens is 374 g/mol. The van der Waals surface area contributed by atoms with E-state index in [1.54, 1.807) is 11.3 Å². The van der Waals surface area contributed by atoms with Crippen LogP contribution in [0.2, 0.25) is 0 Å². The van der Waals surface area contributed by atoms with Crippen LogP contribution in [0.3, 0.4) is 0 Å². The molecule has 1 aliphatic rings. The largest absolute Gasteiger partial charge is 0.493 e. The number of ether oxygens (including phenoxy) is 2. The van der Waals surface area contributed by atoms with Crippen LogP contribution in [0, 0.1) is 6.92 Å². The van der Waals surface area contributed by atoms with Crippen LogP contribution >= 0.6 is 11.3 Å². The third kappa shape index (κ3) is 3.94. The summed E-state index contributed by atoms with van der Waals surface area (Å²) in [5.74, 6) is 1.36. The molecule has 0 fully saturated rings. The molecule has 28 heavy (non-hydrogen) atoms. The maximum absolute atomic E-state index is 12.0. The molecule has 2 heterocycles. The maximum atomic E-state index is 12.0. The molecule has 0 atom stereocenters. The number of esters is 1. The summed E-state index contributed by atoms with van der Waals surface area (Å²) in [7, 11) is 0. The molecule has 0 radical (unpaired) electrons. The standard InChI is InChI=1S/C21H23N3O3S/c1-13-6-2-4-8-15(13)26-11-10-18(25)27-12-17-23-20(22)19-14-7-3-5-9-16(14)28-21(19)24-17/h2,4,6,8H,3,5,7,9-12H2,1H3,(H2,22,23,24). The molecule has 0 amide bonds. The molecule has 3 aromatic rings. The highest BCUT2D eigenvalue weighted by Crippen LogP contribution is 2.37. The van der Waals surface area contributed by atoms with Crippen LogP contribution in [0.15, 0.2) is 24.3 Å². The second-order valence-corrected chi connectivity index (χ2v) is 8.02. The zero-order valence-corrected chi connectivity index (χ0v) is 16.7. The molecule has 0 saturated carbocycles. The van der Waals surface area contributed by atoms with Crippen molar-refractivity contribution < 1.29 is 14.3 Å². The van der Waals surface area contributed by atoms with Crippen LogP contribution in [-0.2, 0) is 29.0 Å². The molecule has 0 saturated heterocycles. The topological polar surface area (TPSA) is 87.3 Å². The van der Waals surface area contributed by atoms with Gasteiger partial charge < -0.3 is 15.2 Å². The Morgan fingerprint density at radius 3 is 2.89 bits per heavy atom. The number of carbonyl (C=O) groups is 1. The van der Waals surface area contributed by atoms with E-state index >= 15 is 0 Å². The second-order valence-electron chi connectivity index (χ2n) is 6.94. The molecule has 7 heteroatoms. The number of fused-ring (bicyclic) bond motifs is 3. The van der Waals surface area contributed by atoms with Crippen LogP contribution in [0.5, 0.6) is 5.75 Å². The number of nitrogen functional groups attached to an aromatic ring is 1. The first-order chi connectivity index (χ1) is 13.6. The number of aromatic nitrogens is 2. The number of hydrogen-bond acceptors (Lipinski definition) is 7. The van der Waals surface area contributed by atoms with Crippen molar-refractivity contribution in [2.45, 2.75) is 45.6 Å². The summed E-state index contributed by atoms with van der Waals surface area (Å²) in [5, 5.41) is 0.987. The number of nitrogens with two attached hydrogens (primary N) is 1. The van der Waals surface area contributed by atoms with Gasteiger partial charge in [0.2, 0.25) is 0 Å². The van der Waals surface area contributed by atoms with Crippen LogP contribution < -0.4 is 10.5 Å². The number of rotatable bonds is 6. The lowest BCUT2D eigenvalue weighted by Gasteiger charge is -2.11. The van der Waals surface area contributed by atoms with Gasteiger partial charge in [0, 0.05) is 4.88 Å². The SMILES string of the molecule is Cc1ccccc1OCCC(=O)OCc1nc(N)c2c3c(sc2n1)CCCC3. The highest BCUT2D eigenvalue weighted by atomic mass is 32.1. The molecule has 0 unspecified atom stereocenters. The number of anilines is 1. The molecule has 0 aliphatic heterocycles. The Morgan fingerprint density at radius 2 is 2.04 bits per heavy atom. The van der Waals surface area contributed by atoms with E-state index in [1.807, 2.05) is 31.2 Å². The summed E-state index contributed by atoms with van der Waals surface area (Å²) in [6.45, 7) is 2.25. The van der Waals surface area contributed by atoms with Crippen molar-refractivity contribution >= 4 is 33.3 Å². The van der Waals surface area contributed by atoms with Gasteiger partial charge in [-0.1, -0.05) is 18.2 Å². The summed E-state index contributed by atoms with van der Waals surface area (Å²) in [5.41, 5.74) is 8.53. The van der Waals surface area contributed by atoms with Crippen molar-refractivity contribution in [3.05, 3.63) is 46.1 Å². The second kappa shape index (κ2) is 8.14. The fourth-order valence-corrected chi connectivity index (χ4v) is 4.76. The minimum absolute atomic E-state index is 0.0197. The zero-order chi connectivity index (χ0) is 19.5. The van der Waals surface area contributed by atoms with Gasteiger partial charge in [0.1, 0.15) is 16.4 Å². The van der Waals surface area contributed by atoms with Crippen molar-refractivity contribution in [2.24, 2.45) is 0 Å². The molecule has 6 nitrogen and oxygen atoms in total. The van der Waals surface area contributed by atoms with Crippen LogP contribution in [0.1, 0.15) is 41.1 Å². The lowest BCUT2D eigenvalue weighted by Crippen LogP contribution is -2.12. The molecule has 146 valence electrons. The Labute approximate surface area is 167 Å². The predicted molar refractivity (Wildman–Crippen MR) is 110 cm³/mol.